The van der Waals surface area contributed by atoms with Crippen LogP contribution < -0.4 is 4.18 Å². The standard InChI is InChI=1S/C11H12O6S/c12-11-5-4-9(16-11)6-8-2-1-3-10(7-8)17-18(13,14)15/h1-3,7,9H,4-6H2,(H,13,14,15). The minimum absolute atomic E-state index is 0.0272. The lowest BCUT2D eigenvalue weighted by molar-refractivity contribution is -0.141. The number of rotatable bonds is 4. The highest BCUT2D eigenvalue weighted by molar-refractivity contribution is 7.81. The Morgan fingerprint density at radius 3 is 2.83 bits per heavy atom. The first-order chi connectivity index (χ1) is 8.42. The number of hydrogen-bond donors (Lipinski definition) is 1. The maximum Gasteiger partial charge on any atom is 0.446 e. The molecule has 0 radical (unpaired) electrons. The Labute approximate surface area is 104 Å². The first-order valence-corrected chi connectivity index (χ1v) is 6.74. The monoisotopic (exact) mass is 272 g/mol. The molecule has 7 heteroatoms. The molecule has 0 aliphatic carbocycles. The maximum atomic E-state index is 10.9. The van der Waals surface area contributed by atoms with E-state index in [0.29, 0.717) is 19.3 Å². The van der Waals surface area contributed by atoms with Crippen LogP contribution in [0, 0.1) is 0 Å². The quantitative estimate of drug-likeness (QED) is 0.652. The highest BCUT2D eigenvalue weighted by Crippen LogP contribution is 2.21. The molecule has 1 aromatic rings. The van der Waals surface area contributed by atoms with Crippen molar-refractivity contribution in [1.29, 1.82) is 0 Å². The Hall–Kier alpha value is -1.60. The van der Waals surface area contributed by atoms with Gasteiger partial charge in [-0.25, -0.2) is 0 Å². The predicted octanol–water partition coefficient (Wildman–Crippen LogP) is 1.12. The van der Waals surface area contributed by atoms with E-state index >= 15 is 0 Å². The summed E-state index contributed by atoms with van der Waals surface area (Å²) in [7, 11) is -4.52. The van der Waals surface area contributed by atoms with E-state index in [2.05, 4.69) is 4.18 Å². The molecule has 1 aliphatic rings. The van der Waals surface area contributed by atoms with Crippen molar-refractivity contribution >= 4 is 16.4 Å². The molecule has 1 unspecified atom stereocenters. The molecule has 6 nitrogen and oxygen atoms in total. The van der Waals surface area contributed by atoms with Gasteiger partial charge in [0.2, 0.25) is 0 Å². The largest absolute Gasteiger partial charge is 0.462 e. The maximum absolute atomic E-state index is 10.9. The summed E-state index contributed by atoms with van der Waals surface area (Å²) >= 11 is 0. The van der Waals surface area contributed by atoms with Crippen molar-refractivity contribution in [2.45, 2.75) is 25.4 Å². The fourth-order valence-electron chi connectivity index (χ4n) is 1.84. The lowest BCUT2D eigenvalue weighted by atomic mass is 10.1. The Kier molecular flexibility index (Phi) is 3.53. The second kappa shape index (κ2) is 4.95. The first kappa shape index (κ1) is 12.8. The van der Waals surface area contributed by atoms with E-state index in [0.717, 1.165) is 5.56 Å². The molecule has 98 valence electrons. The number of carbonyl (C=O) groups is 1. The third kappa shape index (κ3) is 3.71. The van der Waals surface area contributed by atoms with Gasteiger partial charge in [-0.1, -0.05) is 12.1 Å². The van der Waals surface area contributed by atoms with Gasteiger partial charge in [0.1, 0.15) is 11.9 Å². The SMILES string of the molecule is O=C1CCC(Cc2cccc(OS(=O)(=O)O)c2)O1. The van der Waals surface area contributed by atoms with Crippen molar-refractivity contribution in [3.05, 3.63) is 29.8 Å². The van der Waals surface area contributed by atoms with E-state index in [4.69, 9.17) is 9.29 Å². The zero-order valence-corrected chi connectivity index (χ0v) is 10.2. The second-order valence-corrected chi connectivity index (χ2v) is 5.04. The van der Waals surface area contributed by atoms with Crippen LogP contribution >= 0.6 is 0 Å². The number of cyclic esters (lactones) is 1. The summed E-state index contributed by atoms with van der Waals surface area (Å²) in [5, 5.41) is 0. The van der Waals surface area contributed by atoms with Crippen LogP contribution in [0.1, 0.15) is 18.4 Å². The number of ether oxygens (including phenoxy) is 1. The molecule has 1 fully saturated rings. The van der Waals surface area contributed by atoms with E-state index in [1.54, 1.807) is 12.1 Å². The molecule has 0 amide bonds. The zero-order chi connectivity index (χ0) is 13.2. The van der Waals surface area contributed by atoms with Crippen molar-refractivity contribution in [3.63, 3.8) is 0 Å². The molecule has 1 aromatic carbocycles. The van der Waals surface area contributed by atoms with Gasteiger partial charge in [0.15, 0.2) is 0 Å². The van der Waals surface area contributed by atoms with Gasteiger partial charge < -0.3 is 8.92 Å². The Morgan fingerprint density at radius 1 is 1.44 bits per heavy atom. The van der Waals surface area contributed by atoms with E-state index in [1.807, 2.05) is 0 Å². The fourth-order valence-corrected chi connectivity index (χ4v) is 2.18. The van der Waals surface area contributed by atoms with E-state index in [9.17, 15) is 13.2 Å². The summed E-state index contributed by atoms with van der Waals surface area (Å²) < 4.78 is 39.1. The van der Waals surface area contributed by atoms with Crippen LogP contribution in [0.2, 0.25) is 0 Å². The minimum atomic E-state index is -4.52. The van der Waals surface area contributed by atoms with Gasteiger partial charge in [0.25, 0.3) is 0 Å². The van der Waals surface area contributed by atoms with Gasteiger partial charge in [-0.3, -0.25) is 9.35 Å². The number of hydrogen-bond acceptors (Lipinski definition) is 5. The van der Waals surface area contributed by atoms with Crippen LogP contribution in [0.3, 0.4) is 0 Å². The van der Waals surface area contributed by atoms with Crippen LogP contribution in [0.25, 0.3) is 0 Å². The molecule has 0 bridgehead atoms. The van der Waals surface area contributed by atoms with Gasteiger partial charge in [-0.2, -0.15) is 8.42 Å². The lowest BCUT2D eigenvalue weighted by Crippen LogP contribution is -2.11. The van der Waals surface area contributed by atoms with Gasteiger partial charge in [-0.05, 0) is 24.1 Å². The highest BCUT2D eigenvalue weighted by atomic mass is 32.3. The van der Waals surface area contributed by atoms with Crippen molar-refractivity contribution < 1.29 is 26.7 Å². The van der Waals surface area contributed by atoms with Crippen molar-refractivity contribution in [1.82, 2.24) is 0 Å². The average molecular weight is 272 g/mol. The van der Waals surface area contributed by atoms with Gasteiger partial charge >= 0.3 is 16.4 Å². The van der Waals surface area contributed by atoms with Crippen LogP contribution in [0.15, 0.2) is 24.3 Å². The second-order valence-electron chi connectivity index (χ2n) is 4.01. The Morgan fingerprint density at radius 2 is 2.22 bits per heavy atom. The van der Waals surface area contributed by atoms with Crippen molar-refractivity contribution in [3.8, 4) is 5.75 Å². The molecule has 1 atom stereocenters. The molecular weight excluding hydrogens is 260 g/mol. The summed E-state index contributed by atoms with van der Waals surface area (Å²) in [5.74, 6) is -0.190. The molecule has 0 saturated carbocycles. The van der Waals surface area contributed by atoms with Gasteiger partial charge in [-0.15, -0.1) is 0 Å². The molecule has 1 N–H and O–H groups in total. The van der Waals surface area contributed by atoms with E-state index in [1.165, 1.54) is 12.1 Å². The van der Waals surface area contributed by atoms with Crippen LogP contribution in [0.4, 0.5) is 0 Å². The van der Waals surface area contributed by atoms with E-state index in [-0.39, 0.29) is 17.8 Å². The molecule has 18 heavy (non-hydrogen) atoms. The topological polar surface area (TPSA) is 89.9 Å². The van der Waals surface area contributed by atoms with Crippen molar-refractivity contribution in [2.75, 3.05) is 0 Å². The summed E-state index contributed by atoms with van der Waals surface area (Å²) in [5.41, 5.74) is 0.774. The molecule has 0 aromatic heterocycles. The molecule has 2 rings (SSSR count). The van der Waals surface area contributed by atoms with Gasteiger partial charge in [0, 0.05) is 12.8 Å². The normalized spacial score (nSPS) is 19.6. The van der Waals surface area contributed by atoms with Gasteiger partial charge in [0.05, 0.1) is 0 Å². The summed E-state index contributed by atoms with van der Waals surface area (Å²) in [6.45, 7) is 0. The Bertz CT molecular complexity index is 550. The molecule has 1 saturated heterocycles. The number of esters is 1. The van der Waals surface area contributed by atoms with Crippen molar-refractivity contribution in [2.24, 2.45) is 0 Å². The van der Waals surface area contributed by atoms with Crippen LogP contribution in [-0.2, 0) is 26.4 Å². The number of benzene rings is 1. The number of carbonyl (C=O) groups excluding carboxylic acids is 1. The summed E-state index contributed by atoms with van der Waals surface area (Å²) in [6.07, 6.45) is 1.38. The minimum Gasteiger partial charge on any atom is -0.462 e. The van der Waals surface area contributed by atoms with Crippen LogP contribution in [0.5, 0.6) is 5.75 Å². The average Bonchev–Trinajstić information content (AvgIpc) is 2.62. The Balaban J connectivity index is 2.05. The zero-order valence-electron chi connectivity index (χ0n) is 9.40. The summed E-state index contributed by atoms with van der Waals surface area (Å²) in [4.78, 5) is 10.9. The predicted molar refractivity (Wildman–Crippen MR) is 61.4 cm³/mol. The molecule has 1 aliphatic heterocycles. The molecule has 1 heterocycles. The summed E-state index contributed by atoms with van der Waals surface area (Å²) in [6, 6.07) is 6.27. The third-order valence-electron chi connectivity index (χ3n) is 2.53. The lowest BCUT2D eigenvalue weighted by Gasteiger charge is -2.09. The highest BCUT2D eigenvalue weighted by Gasteiger charge is 2.23. The smallest absolute Gasteiger partial charge is 0.446 e. The third-order valence-corrected chi connectivity index (χ3v) is 2.93. The van der Waals surface area contributed by atoms with Crippen LogP contribution in [-0.4, -0.2) is 25.0 Å². The molecular formula is C11H12O6S. The van der Waals surface area contributed by atoms with E-state index < -0.39 is 10.4 Å². The molecule has 0 spiro atoms. The fraction of sp³-hybridized carbons (Fsp3) is 0.364. The first-order valence-electron chi connectivity index (χ1n) is 5.38.